The average Bonchev–Trinajstić information content (AvgIpc) is 2.81. The molecule has 3 heteroatoms. The predicted molar refractivity (Wildman–Crippen MR) is 66.5 cm³/mol. The quantitative estimate of drug-likeness (QED) is 0.800. The van der Waals surface area contributed by atoms with E-state index in [9.17, 15) is 0 Å². The fourth-order valence-corrected chi connectivity index (χ4v) is 3.67. The molecule has 1 N–H and O–H groups in total. The Bertz CT molecular complexity index is 176. The van der Waals surface area contributed by atoms with Gasteiger partial charge < -0.3 is 10.1 Å². The molecule has 0 aromatic heterocycles. The molecule has 0 spiro atoms. The zero-order valence-corrected chi connectivity index (χ0v) is 10.5. The lowest BCUT2D eigenvalue weighted by molar-refractivity contribution is 0.0732. The summed E-state index contributed by atoms with van der Waals surface area (Å²) >= 11 is 2.09. The Kier molecular flexibility index (Phi) is 4.79. The highest BCUT2D eigenvalue weighted by molar-refractivity contribution is 7.99. The lowest BCUT2D eigenvalue weighted by Gasteiger charge is -2.30. The first-order chi connectivity index (χ1) is 7.40. The van der Waals surface area contributed by atoms with Gasteiger partial charge in [-0.25, -0.2) is 0 Å². The SMILES string of the molecule is CC[C@H](N[C@H]1CCCSC1)[C@H]1CCCO1. The van der Waals surface area contributed by atoms with E-state index >= 15 is 0 Å². The van der Waals surface area contributed by atoms with Gasteiger partial charge in [0, 0.05) is 24.4 Å². The van der Waals surface area contributed by atoms with Gasteiger partial charge in [-0.3, -0.25) is 0 Å². The van der Waals surface area contributed by atoms with E-state index in [1.165, 1.54) is 43.6 Å². The van der Waals surface area contributed by atoms with Crippen molar-refractivity contribution in [1.82, 2.24) is 5.32 Å². The van der Waals surface area contributed by atoms with Gasteiger partial charge in [0.2, 0.25) is 0 Å². The van der Waals surface area contributed by atoms with Gasteiger partial charge in [0.15, 0.2) is 0 Å². The highest BCUT2D eigenvalue weighted by Crippen LogP contribution is 2.21. The molecule has 0 saturated carbocycles. The normalized spacial score (nSPS) is 34.2. The zero-order chi connectivity index (χ0) is 10.5. The van der Waals surface area contributed by atoms with Crippen molar-refractivity contribution in [1.29, 1.82) is 0 Å². The minimum atomic E-state index is 0.488. The van der Waals surface area contributed by atoms with Crippen LogP contribution < -0.4 is 5.32 Å². The molecule has 2 fully saturated rings. The first kappa shape index (κ1) is 11.7. The van der Waals surface area contributed by atoms with E-state index in [2.05, 4.69) is 24.0 Å². The largest absolute Gasteiger partial charge is 0.377 e. The molecule has 2 aliphatic heterocycles. The molecule has 3 atom stereocenters. The first-order valence-electron chi connectivity index (χ1n) is 6.35. The number of hydrogen-bond donors (Lipinski definition) is 1. The van der Waals surface area contributed by atoms with Crippen LogP contribution in [0.5, 0.6) is 0 Å². The van der Waals surface area contributed by atoms with Crippen molar-refractivity contribution in [3.63, 3.8) is 0 Å². The summed E-state index contributed by atoms with van der Waals surface area (Å²) in [7, 11) is 0. The van der Waals surface area contributed by atoms with Crippen LogP contribution in [0, 0.1) is 0 Å². The lowest BCUT2D eigenvalue weighted by atomic mass is 10.0. The Morgan fingerprint density at radius 3 is 2.93 bits per heavy atom. The Hall–Kier alpha value is 0.270. The van der Waals surface area contributed by atoms with Gasteiger partial charge in [0.1, 0.15) is 0 Å². The summed E-state index contributed by atoms with van der Waals surface area (Å²) in [4.78, 5) is 0. The van der Waals surface area contributed by atoms with Crippen molar-refractivity contribution in [2.75, 3.05) is 18.1 Å². The Morgan fingerprint density at radius 1 is 1.40 bits per heavy atom. The van der Waals surface area contributed by atoms with Gasteiger partial charge >= 0.3 is 0 Å². The summed E-state index contributed by atoms with van der Waals surface area (Å²) in [6.07, 6.45) is 6.93. The van der Waals surface area contributed by atoms with Gasteiger partial charge in [-0.05, 0) is 37.9 Å². The Morgan fingerprint density at radius 2 is 2.33 bits per heavy atom. The maximum atomic E-state index is 5.78. The van der Waals surface area contributed by atoms with Crippen LogP contribution in [0.15, 0.2) is 0 Å². The molecule has 2 rings (SSSR count). The smallest absolute Gasteiger partial charge is 0.0728 e. The molecule has 0 aliphatic carbocycles. The number of rotatable bonds is 4. The molecule has 2 saturated heterocycles. The molecule has 88 valence electrons. The van der Waals surface area contributed by atoms with E-state index in [4.69, 9.17) is 4.74 Å². The number of ether oxygens (including phenoxy) is 1. The fraction of sp³-hybridized carbons (Fsp3) is 1.00. The van der Waals surface area contributed by atoms with Gasteiger partial charge in [-0.15, -0.1) is 0 Å². The van der Waals surface area contributed by atoms with Crippen LogP contribution in [-0.4, -0.2) is 36.3 Å². The molecule has 2 aliphatic rings. The Balaban J connectivity index is 1.78. The summed E-state index contributed by atoms with van der Waals surface area (Å²) in [6.45, 7) is 3.25. The molecular formula is C12H23NOS. The molecule has 0 radical (unpaired) electrons. The molecule has 2 heterocycles. The van der Waals surface area contributed by atoms with Crippen molar-refractivity contribution in [3.8, 4) is 0 Å². The summed E-state index contributed by atoms with van der Waals surface area (Å²) in [5.41, 5.74) is 0. The monoisotopic (exact) mass is 229 g/mol. The van der Waals surface area contributed by atoms with E-state index in [0.717, 1.165) is 12.6 Å². The van der Waals surface area contributed by atoms with Gasteiger partial charge in [0.25, 0.3) is 0 Å². The summed E-state index contributed by atoms with van der Waals surface area (Å²) in [6, 6.07) is 1.33. The average molecular weight is 229 g/mol. The summed E-state index contributed by atoms with van der Waals surface area (Å²) in [5, 5.41) is 3.80. The molecule has 15 heavy (non-hydrogen) atoms. The summed E-state index contributed by atoms with van der Waals surface area (Å²) in [5.74, 6) is 2.65. The number of nitrogens with one attached hydrogen (secondary N) is 1. The highest BCUT2D eigenvalue weighted by Gasteiger charge is 2.26. The maximum absolute atomic E-state index is 5.78. The van der Waals surface area contributed by atoms with Gasteiger partial charge in [-0.2, -0.15) is 11.8 Å². The topological polar surface area (TPSA) is 21.3 Å². The molecular weight excluding hydrogens is 206 g/mol. The number of thioether (sulfide) groups is 1. The third-order valence-electron chi connectivity index (χ3n) is 3.46. The van der Waals surface area contributed by atoms with E-state index in [0.29, 0.717) is 12.1 Å². The van der Waals surface area contributed by atoms with Gasteiger partial charge in [-0.1, -0.05) is 6.92 Å². The van der Waals surface area contributed by atoms with E-state index in [1.54, 1.807) is 0 Å². The second kappa shape index (κ2) is 6.12. The van der Waals surface area contributed by atoms with Crippen molar-refractivity contribution >= 4 is 11.8 Å². The van der Waals surface area contributed by atoms with Crippen LogP contribution in [0.4, 0.5) is 0 Å². The lowest BCUT2D eigenvalue weighted by Crippen LogP contribution is -2.46. The molecule has 0 aromatic rings. The van der Waals surface area contributed by atoms with Crippen molar-refractivity contribution in [2.24, 2.45) is 0 Å². The molecule has 2 nitrogen and oxygen atoms in total. The minimum Gasteiger partial charge on any atom is -0.377 e. The van der Waals surface area contributed by atoms with Crippen LogP contribution in [-0.2, 0) is 4.74 Å². The van der Waals surface area contributed by atoms with Crippen LogP contribution >= 0.6 is 11.8 Å². The standard InChI is InChI=1S/C12H23NOS/c1-2-11(12-6-3-7-14-12)13-10-5-4-8-15-9-10/h10-13H,2-9H2,1H3/t10-,11-,12+/m0/s1. The third kappa shape index (κ3) is 3.36. The van der Waals surface area contributed by atoms with E-state index in [1.807, 2.05) is 0 Å². The van der Waals surface area contributed by atoms with Crippen molar-refractivity contribution in [3.05, 3.63) is 0 Å². The van der Waals surface area contributed by atoms with Crippen LogP contribution in [0.1, 0.15) is 39.0 Å². The van der Waals surface area contributed by atoms with Crippen molar-refractivity contribution in [2.45, 2.75) is 57.2 Å². The second-order valence-corrected chi connectivity index (χ2v) is 5.80. The Labute approximate surface area is 97.5 Å². The highest BCUT2D eigenvalue weighted by atomic mass is 32.2. The van der Waals surface area contributed by atoms with Crippen LogP contribution in [0.2, 0.25) is 0 Å². The third-order valence-corrected chi connectivity index (χ3v) is 4.68. The second-order valence-electron chi connectivity index (χ2n) is 4.65. The summed E-state index contributed by atoms with van der Waals surface area (Å²) < 4.78 is 5.78. The number of hydrogen-bond acceptors (Lipinski definition) is 3. The first-order valence-corrected chi connectivity index (χ1v) is 7.51. The van der Waals surface area contributed by atoms with E-state index < -0.39 is 0 Å². The predicted octanol–water partition coefficient (Wildman–Crippen LogP) is 2.43. The molecule has 0 amide bonds. The maximum Gasteiger partial charge on any atom is 0.0728 e. The van der Waals surface area contributed by atoms with Crippen LogP contribution in [0.25, 0.3) is 0 Å². The van der Waals surface area contributed by atoms with Crippen molar-refractivity contribution < 1.29 is 4.74 Å². The molecule has 0 bridgehead atoms. The fourth-order valence-electron chi connectivity index (χ4n) is 2.58. The zero-order valence-electron chi connectivity index (χ0n) is 9.71. The van der Waals surface area contributed by atoms with E-state index in [-0.39, 0.29) is 0 Å². The molecule has 0 aromatic carbocycles. The van der Waals surface area contributed by atoms with Crippen LogP contribution in [0.3, 0.4) is 0 Å². The van der Waals surface area contributed by atoms with Gasteiger partial charge in [0.05, 0.1) is 6.10 Å². The minimum absolute atomic E-state index is 0.488. The molecule has 0 unspecified atom stereocenters.